The first-order chi connectivity index (χ1) is 8.02. The maximum absolute atomic E-state index is 5.72. The van der Waals surface area contributed by atoms with E-state index in [0.29, 0.717) is 0 Å². The smallest absolute Gasteiger partial charge is 0.0455 e. The van der Waals surface area contributed by atoms with Crippen LogP contribution in [-0.2, 0) is 0 Å². The van der Waals surface area contributed by atoms with Crippen molar-refractivity contribution in [1.82, 2.24) is 0 Å². The summed E-state index contributed by atoms with van der Waals surface area (Å²) in [4.78, 5) is 0. The van der Waals surface area contributed by atoms with Gasteiger partial charge in [-0.25, -0.2) is 0 Å². The Hall–Kier alpha value is -1.22. The first-order valence-electron chi connectivity index (χ1n) is 6.56. The van der Waals surface area contributed by atoms with Crippen LogP contribution in [0, 0.1) is 40.0 Å². The van der Waals surface area contributed by atoms with E-state index in [9.17, 15) is 0 Å². The molecule has 0 aliphatic rings. The number of terminal acetylenes is 1. The molecule has 17 heavy (non-hydrogen) atoms. The fraction of sp³-hybridized carbons (Fsp3) is 0.529. The van der Waals surface area contributed by atoms with E-state index < -0.39 is 0 Å². The third-order valence-corrected chi connectivity index (χ3v) is 3.81. The topological polar surface area (TPSA) is 0 Å². The van der Waals surface area contributed by atoms with Gasteiger partial charge in [0.05, 0.1) is 0 Å². The van der Waals surface area contributed by atoms with Crippen molar-refractivity contribution in [2.45, 2.75) is 59.8 Å². The zero-order valence-electron chi connectivity index (χ0n) is 11.9. The molecule has 1 unspecified atom stereocenters. The molecule has 0 N–H and O–H groups in total. The van der Waals surface area contributed by atoms with Gasteiger partial charge in [0.2, 0.25) is 0 Å². The highest BCUT2D eigenvalue weighted by atomic mass is 14.2. The Bertz CT molecular complexity index is 432. The summed E-state index contributed by atoms with van der Waals surface area (Å²) in [6.07, 6.45) is 9.25. The first-order valence-corrected chi connectivity index (χ1v) is 6.56. The van der Waals surface area contributed by atoms with E-state index in [1.807, 2.05) is 0 Å². The number of benzene rings is 1. The SMILES string of the molecule is C#CC(CCCC)c1c(C)cc(C)c(C)c1C. The van der Waals surface area contributed by atoms with Crippen LogP contribution in [0.5, 0.6) is 0 Å². The molecule has 0 heterocycles. The zero-order valence-corrected chi connectivity index (χ0v) is 11.9. The Morgan fingerprint density at radius 2 is 1.76 bits per heavy atom. The summed E-state index contributed by atoms with van der Waals surface area (Å²) >= 11 is 0. The van der Waals surface area contributed by atoms with Gasteiger partial charge >= 0.3 is 0 Å². The van der Waals surface area contributed by atoms with Crippen molar-refractivity contribution in [1.29, 1.82) is 0 Å². The summed E-state index contributed by atoms with van der Waals surface area (Å²) in [6, 6.07) is 2.27. The molecule has 1 atom stereocenters. The monoisotopic (exact) mass is 228 g/mol. The van der Waals surface area contributed by atoms with Crippen molar-refractivity contribution in [3.05, 3.63) is 33.9 Å². The molecule has 0 fully saturated rings. The van der Waals surface area contributed by atoms with E-state index in [2.05, 4.69) is 46.6 Å². The lowest BCUT2D eigenvalue weighted by molar-refractivity contribution is 0.670. The molecule has 0 nitrogen and oxygen atoms in total. The van der Waals surface area contributed by atoms with Crippen molar-refractivity contribution in [2.24, 2.45) is 0 Å². The van der Waals surface area contributed by atoms with Crippen LogP contribution >= 0.6 is 0 Å². The second kappa shape index (κ2) is 5.92. The van der Waals surface area contributed by atoms with Crippen LogP contribution in [0.4, 0.5) is 0 Å². The third kappa shape index (κ3) is 2.91. The summed E-state index contributed by atoms with van der Waals surface area (Å²) in [7, 11) is 0. The van der Waals surface area contributed by atoms with Crippen molar-refractivity contribution in [3.63, 3.8) is 0 Å². The molecule has 0 spiro atoms. The Kier molecular flexibility index (Phi) is 4.82. The Morgan fingerprint density at radius 1 is 1.12 bits per heavy atom. The van der Waals surface area contributed by atoms with Crippen LogP contribution in [0.15, 0.2) is 6.07 Å². The maximum Gasteiger partial charge on any atom is 0.0455 e. The van der Waals surface area contributed by atoms with E-state index in [0.717, 1.165) is 6.42 Å². The van der Waals surface area contributed by atoms with Gasteiger partial charge in [-0.3, -0.25) is 0 Å². The highest BCUT2D eigenvalue weighted by Gasteiger charge is 2.15. The van der Waals surface area contributed by atoms with Crippen LogP contribution in [0.3, 0.4) is 0 Å². The number of unbranched alkanes of at least 4 members (excludes halogenated alkanes) is 1. The minimum absolute atomic E-state index is 0.286. The highest BCUT2D eigenvalue weighted by molar-refractivity contribution is 5.47. The first kappa shape index (κ1) is 13.8. The lowest BCUT2D eigenvalue weighted by atomic mass is 9.84. The summed E-state index contributed by atoms with van der Waals surface area (Å²) in [5.74, 6) is 3.27. The van der Waals surface area contributed by atoms with Gasteiger partial charge in [-0.15, -0.1) is 6.42 Å². The molecule has 92 valence electrons. The van der Waals surface area contributed by atoms with Gasteiger partial charge in [0.25, 0.3) is 0 Å². The predicted octanol–water partition coefficient (Wildman–Crippen LogP) is 4.83. The fourth-order valence-corrected chi connectivity index (χ4v) is 2.56. The molecule has 0 aromatic heterocycles. The van der Waals surface area contributed by atoms with Gasteiger partial charge in [-0.05, 0) is 61.9 Å². The largest absolute Gasteiger partial charge is 0.119 e. The second-order valence-electron chi connectivity index (χ2n) is 5.04. The van der Waals surface area contributed by atoms with Gasteiger partial charge in [0.1, 0.15) is 0 Å². The van der Waals surface area contributed by atoms with E-state index in [1.54, 1.807) is 0 Å². The minimum Gasteiger partial charge on any atom is -0.119 e. The van der Waals surface area contributed by atoms with Crippen molar-refractivity contribution < 1.29 is 0 Å². The second-order valence-corrected chi connectivity index (χ2v) is 5.04. The Labute approximate surface area is 106 Å². The fourth-order valence-electron chi connectivity index (χ4n) is 2.56. The van der Waals surface area contributed by atoms with Gasteiger partial charge in [-0.2, -0.15) is 0 Å². The van der Waals surface area contributed by atoms with E-state index >= 15 is 0 Å². The normalized spacial score (nSPS) is 12.2. The average Bonchev–Trinajstić information content (AvgIpc) is 2.30. The van der Waals surface area contributed by atoms with E-state index in [4.69, 9.17) is 6.42 Å². The molecule has 1 aromatic carbocycles. The maximum atomic E-state index is 5.72. The number of hydrogen-bond acceptors (Lipinski definition) is 0. The molecule has 1 aromatic rings. The molecule has 0 bridgehead atoms. The van der Waals surface area contributed by atoms with Gasteiger partial charge in [-0.1, -0.05) is 31.8 Å². The molecule has 0 saturated heterocycles. The summed E-state index contributed by atoms with van der Waals surface area (Å²) in [5, 5.41) is 0. The quantitative estimate of drug-likeness (QED) is 0.648. The number of aryl methyl sites for hydroxylation is 2. The van der Waals surface area contributed by atoms with Gasteiger partial charge in [0.15, 0.2) is 0 Å². The number of rotatable bonds is 4. The lowest BCUT2D eigenvalue weighted by Crippen LogP contribution is -2.04. The molecule has 0 radical (unpaired) electrons. The van der Waals surface area contributed by atoms with Crippen LogP contribution in [-0.4, -0.2) is 0 Å². The van der Waals surface area contributed by atoms with Crippen molar-refractivity contribution in [3.8, 4) is 12.3 Å². The van der Waals surface area contributed by atoms with Gasteiger partial charge in [0, 0.05) is 5.92 Å². The molecular formula is C17H24. The van der Waals surface area contributed by atoms with Crippen LogP contribution in [0.25, 0.3) is 0 Å². The summed E-state index contributed by atoms with van der Waals surface area (Å²) in [6.45, 7) is 11.0. The molecule has 0 saturated carbocycles. The standard InChI is InChI=1S/C17H24/c1-7-9-10-16(8-2)17-13(4)11-12(3)14(5)15(17)6/h2,11,16H,7,9-10H2,1,3-6H3. The average molecular weight is 228 g/mol. The summed E-state index contributed by atoms with van der Waals surface area (Å²) in [5.41, 5.74) is 6.90. The number of hydrogen-bond donors (Lipinski definition) is 0. The van der Waals surface area contributed by atoms with Crippen LogP contribution in [0.2, 0.25) is 0 Å². The van der Waals surface area contributed by atoms with Crippen LogP contribution < -0.4 is 0 Å². The van der Waals surface area contributed by atoms with Crippen molar-refractivity contribution in [2.75, 3.05) is 0 Å². The Morgan fingerprint density at radius 3 is 2.29 bits per heavy atom. The molecule has 0 aliphatic heterocycles. The van der Waals surface area contributed by atoms with Gasteiger partial charge < -0.3 is 0 Å². The molecular weight excluding hydrogens is 204 g/mol. The molecule has 0 amide bonds. The molecule has 0 aliphatic carbocycles. The van der Waals surface area contributed by atoms with Crippen LogP contribution in [0.1, 0.15) is 59.9 Å². The zero-order chi connectivity index (χ0) is 13.0. The minimum atomic E-state index is 0.286. The lowest BCUT2D eigenvalue weighted by Gasteiger charge is -2.20. The highest BCUT2D eigenvalue weighted by Crippen LogP contribution is 2.31. The Balaban J connectivity index is 3.20. The summed E-state index contributed by atoms with van der Waals surface area (Å²) < 4.78 is 0. The molecule has 0 heteroatoms. The van der Waals surface area contributed by atoms with E-state index in [-0.39, 0.29) is 5.92 Å². The van der Waals surface area contributed by atoms with Crippen molar-refractivity contribution >= 4 is 0 Å². The third-order valence-electron chi connectivity index (χ3n) is 3.81. The predicted molar refractivity (Wildman–Crippen MR) is 76.5 cm³/mol. The molecule has 1 rings (SSSR count). The van der Waals surface area contributed by atoms with E-state index in [1.165, 1.54) is 40.7 Å².